The van der Waals surface area contributed by atoms with Crippen LogP contribution in [0.25, 0.3) is 0 Å². The van der Waals surface area contributed by atoms with Crippen molar-refractivity contribution in [2.45, 2.75) is 0 Å². The van der Waals surface area contributed by atoms with Crippen molar-refractivity contribution in [3.05, 3.63) is 0 Å². The third kappa shape index (κ3) is 2.55. The zero-order valence-electron chi connectivity index (χ0n) is 4.94. The molecule has 0 spiro atoms. The molecule has 0 aromatic heterocycles. The second-order valence-electron chi connectivity index (χ2n) is 1.02. The minimum Gasteiger partial charge on any atom is -0.307 e. The Morgan fingerprint density at radius 2 is 1.30 bits per heavy atom. The second-order valence-corrected chi connectivity index (χ2v) is 1.02. The van der Waals surface area contributed by atoms with Gasteiger partial charge in [-0.3, -0.25) is 0 Å². The number of rotatable bonds is 2. The Morgan fingerprint density at radius 3 is 1.50 bits per heavy atom. The zero-order valence-corrected chi connectivity index (χ0v) is 4.94. The first kappa shape index (κ1) is 8.28. The van der Waals surface area contributed by atoms with E-state index in [1.165, 1.54) is 0 Å². The summed E-state index contributed by atoms with van der Waals surface area (Å²) < 4.78 is 0. The van der Waals surface area contributed by atoms with Crippen LogP contribution in [0.2, 0.25) is 0 Å². The van der Waals surface area contributed by atoms with Crippen molar-refractivity contribution in [3.63, 3.8) is 0 Å². The maximum Gasteiger partial charge on any atom is 0.445 e. The van der Waals surface area contributed by atoms with E-state index in [1.54, 1.807) is 0 Å². The van der Waals surface area contributed by atoms with Gasteiger partial charge in [-0.1, -0.05) is 10.3 Å². The molecular weight excluding hydrogens is 140 g/mol. The maximum absolute atomic E-state index is 10.2. The van der Waals surface area contributed by atoms with Gasteiger partial charge in [-0.05, 0) is 0 Å². The van der Waals surface area contributed by atoms with Gasteiger partial charge in [0.15, 0.2) is 0 Å². The summed E-state index contributed by atoms with van der Waals surface area (Å²) in [6.07, 6.45) is 0. The van der Waals surface area contributed by atoms with Crippen LogP contribution in [0, 0.1) is 0 Å². The van der Waals surface area contributed by atoms with Crippen molar-refractivity contribution in [2.24, 2.45) is 10.3 Å². The third-order valence-electron chi connectivity index (χ3n) is 0.462. The van der Waals surface area contributed by atoms with Crippen LogP contribution in [-0.4, -0.2) is 25.4 Å². The van der Waals surface area contributed by atoms with Gasteiger partial charge in [0, 0.05) is 13.4 Å². The first-order chi connectivity index (χ1) is 4.72. The minimum atomic E-state index is -1.29. The summed E-state index contributed by atoms with van der Waals surface area (Å²) in [5, 5.41) is 5.35. The molecule has 0 unspecified atom stereocenters. The fraction of sp³-hybridized carbons (Fsp3) is 0. The molecule has 6 heteroatoms. The topological polar surface area (TPSA) is 77.3 Å². The molecule has 0 aromatic carbocycles. The summed E-state index contributed by atoms with van der Waals surface area (Å²) in [4.78, 5) is 28.0. The van der Waals surface area contributed by atoms with Crippen LogP contribution in [0.1, 0.15) is 0 Å². The molecule has 0 aromatic rings. The van der Waals surface area contributed by atoms with Crippen molar-refractivity contribution >= 4 is 25.4 Å². The van der Waals surface area contributed by atoms with Crippen molar-refractivity contribution in [2.75, 3.05) is 0 Å². The van der Waals surface area contributed by atoms with Gasteiger partial charge >= 0.3 is 11.9 Å². The fourth-order valence-electron chi connectivity index (χ4n) is 0.192. The number of hydrogen-bond donors (Lipinski definition) is 0. The molecule has 0 aliphatic heterocycles. The van der Waals surface area contributed by atoms with Crippen LogP contribution in [0.5, 0.6) is 0 Å². The average Bonchev–Trinajstić information content (AvgIpc) is 1.89. The lowest BCUT2D eigenvalue weighted by molar-refractivity contribution is -0.167. The molecule has 54 valence electrons. The summed E-state index contributed by atoms with van der Waals surface area (Å²) in [5.74, 6) is -2.58. The van der Waals surface area contributed by atoms with E-state index in [0.717, 1.165) is 0 Å². The fourth-order valence-corrected chi connectivity index (χ4v) is 0.192. The highest BCUT2D eigenvalue weighted by molar-refractivity contribution is 6.29. The van der Waals surface area contributed by atoms with E-state index in [-0.39, 0.29) is 0 Å². The van der Waals surface area contributed by atoms with Crippen molar-refractivity contribution in [3.8, 4) is 0 Å². The predicted molar refractivity (Wildman–Crippen MR) is 31.3 cm³/mol. The van der Waals surface area contributed by atoms with Gasteiger partial charge in [0.1, 0.15) is 0 Å². The van der Waals surface area contributed by atoms with E-state index in [1.807, 2.05) is 0 Å². The van der Waals surface area contributed by atoms with Gasteiger partial charge in [-0.25, -0.2) is 9.59 Å². The Balaban J connectivity index is 3.81. The van der Waals surface area contributed by atoms with Crippen LogP contribution in [-0.2, 0) is 19.3 Å². The van der Waals surface area contributed by atoms with E-state index in [9.17, 15) is 9.59 Å². The van der Waals surface area contributed by atoms with Gasteiger partial charge in [0.25, 0.3) is 0 Å². The lowest BCUT2D eigenvalue weighted by Crippen LogP contribution is -2.15. The standard InChI is InChI=1S/C4H4N2O4/c1-5-9-3(7)4(8)10-6-2/h1-2H2. The number of hydrogen-bond acceptors (Lipinski definition) is 6. The highest BCUT2D eigenvalue weighted by atomic mass is 16.7. The van der Waals surface area contributed by atoms with E-state index in [0.29, 0.717) is 0 Å². The van der Waals surface area contributed by atoms with Crippen LogP contribution in [0.15, 0.2) is 10.3 Å². The van der Waals surface area contributed by atoms with E-state index >= 15 is 0 Å². The lowest BCUT2D eigenvalue weighted by Gasteiger charge is -1.90. The molecule has 0 atom stereocenters. The van der Waals surface area contributed by atoms with E-state index in [4.69, 9.17) is 0 Å². The van der Waals surface area contributed by atoms with Crippen LogP contribution < -0.4 is 0 Å². The van der Waals surface area contributed by atoms with Crippen LogP contribution in [0.4, 0.5) is 0 Å². The Kier molecular flexibility index (Phi) is 3.47. The van der Waals surface area contributed by atoms with Crippen LogP contribution in [0.3, 0.4) is 0 Å². The van der Waals surface area contributed by atoms with Crippen molar-refractivity contribution in [1.82, 2.24) is 0 Å². The quantitative estimate of drug-likeness (QED) is 0.222. The van der Waals surface area contributed by atoms with Gasteiger partial charge in [0.05, 0.1) is 0 Å². The first-order valence-electron chi connectivity index (χ1n) is 2.06. The summed E-state index contributed by atoms with van der Waals surface area (Å²) in [6.45, 7) is 5.59. The molecule has 6 nitrogen and oxygen atoms in total. The zero-order chi connectivity index (χ0) is 7.98. The molecule has 0 saturated carbocycles. The molecule has 0 rings (SSSR count). The summed E-state index contributed by atoms with van der Waals surface area (Å²) in [5.41, 5.74) is 0. The molecule has 0 amide bonds. The van der Waals surface area contributed by atoms with Crippen LogP contribution >= 0.6 is 0 Å². The third-order valence-corrected chi connectivity index (χ3v) is 0.462. The molecular formula is C4H4N2O4. The highest BCUT2D eigenvalue weighted by Gasteiger charge is 2.16. The Labute approximate surface area is 56.1 Å². The van der Waals surface area contributed by atoms with Crippen molar-refractivity contribution in [1.29, 1.82) is 0 Å². The molecule has 0 N–H and O–H groups in total. The molecule has 0 saturated heterocycles. The number of carbonyl (C=O) groups is 2. The number of nitrogens with zero attached hydrogens (tertiary/aromatic N) is 2. The predicted octanol–water partition coefficient (Wildman–Crippen LogP) is -0.696. The SMILES string of the molecule is C=NOC(=O)C(=O)ON=C. The summed E-state index contributed by atoms with van der Waals surface area (Å²) in [6, 6.07) is 0. The van der Waals surface area contributed by atoms with Gasteiger partial charge < -0.3 is 9.68 Å². The molecule has 0 aliphatic rings. The molecule has 0 radical (unpaired) electrons. The molecule has 0 aliphatic carbocycles. The van der Waals surface area contributed by atoms with E-state index < -0.39 is 11.9 Å². The highest BCUT2D eigenvalue weighted by Crippen LogP contribution is 1.83. The molecule has 0 bridgehead atoms. The Morgan fingerprint density at radius 1 is 1.00 bits per heavy atom. The van der Waals surface area contributed by atoms with Gasteiger partial charge in [0.2, 0.25) is 0 Å². The van der Waals surface area contributed by atoms with E-state index in [2.05, 4.69) is 33.4 Å². The Bertz CT molecular complexity index is 156. The maximum atomic E-state index is 10.2. The number of oxime groups is 2. The second kappa shape index (κ2) is 4.19. The Hall–Kier alpha value is -1.72. The summed E-state index contributed by atoms with van der Waals surface area (Å²) >= 11 is 0. The lowest BCUT2D eigenvalue weighted by atomic mass is 10.7. The smallest absolute Gasteiger partial charge is 0.307 e. The summed E-state index contributed by atoms with van der Waals surface area (Å²) in [7, 11) is 0. The monoisotopic (exact) mass is 144 g/mol. The van der Waals surface area contributed by atoms with Crippen molar-refractivity contribution < 1.29 is 19.3 Å². The van der Waals surface area contributed by atoms with Gasteiger partial charge in [-0.2, -0.15) is 0 Å². The number of carbonyl (C=O) groups excluding carboxylic acids is 2. The minimum absolute atomic E-state index is 1.29. The van der Waals surface area contributed by atoms with Gasteiger partial charge in [-0.15, -0.1) is 0 Å². The largest absolute Gasteiger partial charge is 0.445 e. The first-order valence-corrected chi connectivity index (χ1v) is 2.06. The molecule has 0 heterocycles. The molecule has 0 fully saturated rings. The normalized spacial score (nSPS) is 7.60. The molecule has 10 heavy (non-hydrogen) atoms. The average molecular weight is 144 g/mol.